The maximum atomic E-state index is 13.6. The van der Waals surface area contributed by atoms with Crippen LogP contribution >= 0.6 is 0 Å². The van der Waals surface area contributed by atoms with Crippen LogP contribution in [0.5, 0.6) is 5.75 Å². The molecule has 3 aromatic rings. The molecule has 0 aliphatic carbocycles. The van der Waals surface area contributed by atoms with Gasteiger partial charge < -0.3 is 43.6 Å². The lowest BCUT2D eigenvalue weighted by molar-refractivity contribution is -0.132. The first-order valence-electron chi connectivity index (χ1n) is 15.9. The molecule has 0 unspecified atom stereocenters. The van der Waals surface area contributed by atoms with E-state index in [4.69, 9.17) is 27.7 Å². The van der Waals surface area contributed by atoms with Gasteiger partial charge in [0.1, 0.15) is 36.8 Å². The van der Waals surface area contributed by atoms with E-state index in [0.717, 1.165) is 5.56 Å². The summed E-state index contributed by atoms with van der Waals surface area (Å²) in [5.74, 6) is -2.20. The van der Waals surface area contributed by atoms with Crippen molar-refractivity contribution in [2.24, 2.45) is 27.9 Å². The number of aliphatic imine (C=N–C) groups is 1. The molecule has 49 heavy (non-hydrogen) atoms. The molecule has 14 nitrogen and oxygen atoms in total. The molecule has 3 rings (SSSR count). The molecule has 0 saturated heterocycles. The number of carbonyl (C=O) groups is 5. The molecule has 0 radical (unpaired) electrons. The molecule has 4 amide bonds. The van der Waals surface area contributed by atoms with Gasteiger partial charge in [-0.2, -0.15) is 0 Å². The third-order valence-corrected chi connectivity index (χ3v) is 7.49. The highest BCUT2D eigenvalue weighted by atomic mass is 16.5. The molecular formula is C35H44N8O6. The maximum absolute atomic E-state index is 13.6. The number of hydrogen-bond acceptors (Lipinski definition) is 8. The van der Waals surface area contributed by atoms with Crippen molar-refractivity contribution in [3.63, 3.8) is 0 Å². The molecule has 0 aliphatic rings. The molecule has 260 valence electrons. The fourth-order valence-corrected chi connectivity index (χ4v) is 4.82. The van der Waals surface area contributed by atoms with Crippen LogP contribution in [0, 0.1) is 0 Å². The topological polar surface area (TPSA) is 247 Å². The summed E-state index contributed by atoms with van der Waals surface area (Å²) in [6.07, 6.45) is 2.40. The van der Waals surface area contributed by atoms with Gasteiger partial charge in [0.05, 0.1) is 0 Å². The number of benzene rings is 3. The van der Waals surface area contributed by atoms with E-state index in [1.165, 1.54) is 24.3 Å². The summed E-state index contributed by atoms with van der Waals surface area (Å²) in [6, 6.07) is 18.7. The van der Waals surface area contributed by atoms with E-state index in [-0.39, 0.29) is 30.9 Å². The van der Waals surface area contributed by atoms with Gasteiger partial charge in [-0.05, 0) is 74.0 Å². The second-order valence-corrected chi connectivity index (χ2v) is 11.2. The lowest BCUT2D eigenvalue weighted by Gasteiger charge is -2.25. The number of aldehydes is 1. The van der Waals surface area contributed by atoms with Crippen LogP contribution in [0.1, 0.15) is 70.0 Å². The van der Waals surface area contributed by atoms with Crippen molar-refractivity contribution in [2.75, 3.05) is 13.1 Å². The Morgan fingerprint density at radius 2 is 1.39 bits per heavy atom. The molecule has 0 bridgehead atoms. The summed E-state index contributed by atoms with van der Waals surface area (Å²) >= 11 is 0. The molecule has 0 aromatic heterocycles. The van der Waals surface area contributed by atoms with Gasteiger partial charge in [-0.3, -0.25) is 29.0 Å². The number of primary amides is 1. The highest BCUT2D eigenvalue weighted by Gasteiger charge is 2.29. The van der Waals surface area contributed by atoms with Gasteiger partial charge in [0, 0.05) is 17.7 Å². The normalized spacial score (nSPS) is 12.4. The minimum absolute atomic E-state index is 0.115. The molecule has 3 aromatic carbocycles. The Morgan fingerprint density at radius 1 is 0.755 bits per heavy atom. The number of guanidine groups is 1. The molecule has 11 N–H and O–H groups in total. The molecule has 14 heteroatoms. The highest BCUT2D eigenvalue weighted by Crippen LogP contribution is 2.20. The van der Waals surface area contributed by atoms with Crippen molar-refractivity contribution in [1.82, 2.24) is 16.0 Å². The standard InChI is InChI=1S/C35H44N8O6/c36-19-5-4-9-28(34(48)43-30(31(37)45)25-15-17-27(18-16-25)49-22-24-7-2-1-3-8-24)42-33(47)29(10-6-20-40-35(38)39)41-32(46)26-13-11-23(21-44)12-14-26/h1-3,7-8,11-18,21,28-30H,4-6,9-10,19-20,22,36H2,(H2,37,45)(H,41,46)(H,42,47)(H,43,48)(H4,38,39,40)/t28-,29-,30+/m0/s1. The molecular weight excluding hydrogens is 628 g/mol. The summed E-state index contributed by atoms with van der Waals surface area (Å²) in [4.78, 5) is 67.7. The van der Waals surface area contributed by atoms with Gasteiger partial charge in [0.2, 0.25) is 17.7 Å². The van der Waals surface area contributed by atoms with Gasteiger partial charge in [0.25, 0.3) is 5.91 Å². The Morgan fingerprint density at radius 3 is 2.00 bits per heavy atom. The fraction of sp³-hybridized carbons (Fsp3) is 0.314. The first-order chi connectivity index (χ1) is 23.6. The predicted octanol–water partition coefficient (Wildman–Crippen LogP) is 1.19. The lowest BCUT2D eigenvalue weighted by atomic mass is 10.0. The number of ether oxygens (including phenoxy) is 1. The zero-order valence-corrected chi connectivity index (χ0v) is 27.2. The smallest absolute Gasteiger partial charge is 0.251 e. The van der Waals surface area contributed by atoms with E-state index in [1.807, 2.05) is 30.3 Å². The van der Waals surface area contributed by atoms with E-state index in [1.54, 1.807) is 24.3 Å². The minimum atomic E-state index is -1.20. The van der Waals surface area contributed by atoms with Gasteiger partial charge in [-0.25, -0.2) is 0 Å². The molecule has 3 atom stereocenters. The number of amides is 4. The van der Waals surface area contributed by atoms with E-state index >= 15 is 0 Å². The summed E-state index contributed by atoms with van der Waals surface area (Å²) < 4.78 is 5.82. The van der Waals surface area contributed by atoms with Crippen LogP contribution in [0.25, 0.3) is 0 Å². The van der Waals surface area contributed by atoms with Gasteiger partial charge >= 0.3 is 0 Å². The Bertz CT molecular complexity index is 1560. The Balaban J connectivity index is 1.74. The van der Waals surface area contributed by atoms with Crippen LogP contribution in [0.4, 0.5) is 0 Å². The number of hydrogen-bond donors (Lipinski definition) is 7. The first-order valence-corrected chi connectivity index (χ1v) is 15.9. The van der Waals surface area contributed by atoms with Crippen LogP contribution in [0.2, 0.25) is 0 Å². The van der Waals surface area contributed by atoms with Crippen LogP contribution < -0.4 is 43.6 Å². The highest BCUT2D eigenvalue weighted by molar-refractivity contribution is 5.99. The fourth-order valence-electron chi connectivity index (χ4n) is 4.82. The number of nitrogens with two attached hydrogens (primary N) is 4. The average molecular weight is 673 g/mol. The number of carbonyl (C=O) groups excluding carboxylic acids is 5. The monoisotopic (exact) mass is 672 g/mol. The van der Waals surface area contributed by atoms with Gasteiger partial charge in [0.15, 0.2) is 5.96 Å². The average Bonchev–Trinajstić information content (AvgIpc) is 3.10. The number of rotatable bonds is 20. The maximum Gasteiger partial charge on any atom is 0.251 e. The Hall–Kier alpha value is -5.76. The zero-order chi connectivity index (χ0) is 35.6. The van der Waals surface area contributed by atoms with Crippen LogP contribution in [-0.2, 0) is 21.0 Å². The van der Waals surface area contributed by atoms with Crippen LogP contribution in [0.15, 0.2) is 83.9 Å². The Labute approximate surface area is 285 Å². The van der Waals surface area contributed by atoms with E-state index in [2.05, 4.69) is 20.9 Å². The minimum Gasteiger partial charge on any atom is -0.489 e. The second-order valence-electron chi connectivity index (χ2n) is 11.2. The van der Waals surface area contributed by atoms with Crippen molar-refractivity contribution in [1.29, 1.82) is 0 Å². The van der Waals surface area contributed by atoms with Crippen molar-refractivity contribution in [3.8, 4) is 5.75 Å². The predicted molar refractivity (Wildman–Crippen MR) is 185 cm³/mol. The SMILES string of the molecule is NCCCC[C@H](NC(=O)[C@H](CCCN=C(N)N)NC(=O)c1ccc(C=O)cc1)C(=O)N[C@@H](C(N)=O)c1ccc(OCc2ccccc2)cc1. The summed E-state index contributed by atoms with van der Waals surface area (Å²) in [5, 5.41) is 8.08. The molecule has 0 spiro atoms. The first kappa shape index (κ1) is 37.7. The molecule has 0 fully saturated rings. The number of unbranched alkanes of at least 4 members (excludes halogenated alkanes) is 1. The van der Waals surface area contributed by atoms with Crippen molar-refractivity contribution >= 4 is 35.9 Å². The van der Waals surface area contributed by atoms with Crippen molar-refractivity contribution in [3.05, 3.63) is 101 Å². The van der Waals surface area contributed by atoms with Crippen molar-refractivity contribution in [2.45, 2.75) is 56.8 Å². The van der Waals surface area contributed by atoms with Crippen molar-refractivity contribution < 1.29 is 28.7 Å². The van der Waals surface area contributed by atoms with Crippen LogP contribution in [-0.4, -0.2) is 61.0 Å². The summed E-state index contributed by atoms with van der Waals surface area (Å²) in [5.41, 5.74) is 24.2. The largest absolute Gasteiger partial charge is 0.489 e. The summed E-state index contributed by atoms with van der Waals surface area (Å²) in [7, 11) is 0. The van der Waals surface area contributed by atoms with E-state index in [0.29, 0.717) is 55.6 Å². The second kappa shape index (κ2) is 19.8. The third-order valence-electron chi connectivity index (χ3n) is 7.49. The number of nitrogens with one attached hydrogen (secondary N) is 3. The molecule has 0 aliphatic heterocycles. The number of nitrogens with zero attached hydrogens (tertiary/aromatic N) is 1. The third kappa shape index (κ3) is 12.8. The quantitative estimate of drug-likeness (QED) is 0.0394. The Kier molecular flexibility index (Phi) is 15.2. The van der Waals surface area contributed by atoms with E-state index < -0.39 is 41.8 Å². The van der Waals surface area contributed by atoms with Gasteiger partial charge in [-0.15, -0.1) is 0 Å². The van der Waals surface area contributed by atoms with Crippen LogP contribution in [0.3, 0.4) is 0 Å². The lowest BCUT2D eigenvalue weighted by Crippen LogP contribution is -2.54. The molecule has 0 heterocycles. The molecule has 0 saturated carbocycles. The summed E-state index contributed by atoms with van der Waals surface area (Å²) in [6.45, 7) is 0.923. The zero-order valence-electron chi connectivity index (χ0n) is 27.2. The van der Waals surface area contributed by atoms with Gasteiger partial charge in [-0.1, -0.05) is 54.6 Å². The van der Waals surface area contributed by atoms with E-state index in [9.17, 15) is 24.0 Å².